The van der Waals surface area contributed by atoms with Gasteiger partial charge >= 0.3 is 0 Å². The fourth-order valence-corrected chi connectivity index (χ4v) is 13.0. The molecular weight excluding hydrogens is 661 g/mol. The van der Waals surface area contributed by atoms with Crippen LogP contribution in [0.2, 0.25) is 0 Å². The smallest absolute Gasteiger partial charge is 0.134 e. The Bertz CT molecular complexity index is 2670. The molecule has 0 bridgehead atoms. The number of benzene rings is 4. The van der Waals surface area contributed by atoms with E-state index in [2.05, 4.69) is 157 Å². The third-order valence-electron chi connectivity index (χ3n) is 13.6. The molecule has 0 saturated heterocycles. The maximum absolute atomic E-state index is 5.68. The molecule has 3 heterocycles. The summed E-state index contributed by atoms with van der Waals surface area (Å²) >= 11 is 1.99. The van der Waals surface area contributed by atoms with Gasteiger partial charge in [0.25, 0.3) is 0 Å². The highest BCUT2D eigenvalue weighted by atomic mass is 32.2. The summed E-state index contributed by atoms with van der Waals surface area (Å²) < 4.78 is 0. The van der Waals surface area contributed by atoms with Crippen molar-refractivity contribution in [1.82, 2.24) is 0 Å². The highest BCUT2D eigenvalue weighted by Crippen LogP contribution is 2.74. The SMILES string of the molecule is C1=CCC2C(=C1)N=C(N1c3c(cc4c5c3C3=CC=CC6c7ccccc7C5(c5ccccc5S4)C36)C3C=Cc4ccccc4C31)C=C2C1=CCCC=C1. The lowest BCUT2D eigenvalue weighted by Crippen LogP contribution is -2.36. The van der Waals surface area contributed by atoms with E-state index < -0.39 is 0 Å². The molecular formula is C50H36N2S. The number of nitrogens with zero attached hydrogens (tertiary/aromatic N) is 2. The average molecular weight is 697 g/mol. The number of fused-ring (bicyclic) bond motifs is 11. The van der Waals surface area contributed by atoms with Crippen LogP contribution in [0, 0.1) is 11.8 Å². The molecule has 53 heavy (non-hydrogen) atoms. The minimum atomic E-state index is -0.235. The molecule has 1 spiro atoms. The van der Waals surface area contributed by atoms with Crippen molar-refractivity contribution in [1.29, 1.82) is 0 Å². The van der Waals surface area contributed by atoms with Crippen LogP contribution < -0.4 is 4.90 Å². The second-order valence-electron chi connectivity index (χ2n) is 15.9. The summed E-state index contributed by atoms with van der Waals surface area (Å²) in [5.74, 6) is 2.22. The quantitative estimate of drug-likeness (QED) is 0.197. The van der Waals surface area contributed by atoms with Crippen molar-refractivity contribution in [3.63, 3.8) is 0 Å². The Morgan fingerprint density at radius 3 is 2.53 bits per heavy atom. The van der Waals surface area contributed by atoms with Gasteiger partial charge in [-0.2, -0.15) is 0 Å². The summed E-state index contributed by atoms with van der Waals surface area (Å²) in [7, 11) is 0. The standard InChI is InChI=1S/C50H36N2S/c1-2-13-29(14-3-1)37-28-44(51-41-23-10-7-18-33(37)41)52-48-31-16-5-4-15-30(31)25-26-35(48)38-27-43-47-45(49(38)52)36-20-12-19-34-32-17-6-8-21-39(32)50(47,46(34)36)40-22-9-11-24-42(40)53-43/h2,4-17,19-28,33-35,46,48H,1,3,18H2. The van der Waals surface area contributed by atoms with Crippen LogP contribution in [0.3, 0.4) is 0 Å². The molecule has 4 aromatic carbocycles. The van der Waals surface area contributed by atoms with Gasteiger partial charge in [0.1, 0.15) is 5.84 Å². The molecule has 2 nitrogen and oxygen atoms in total. The fourth-order valence-electron chi connectivity index (χ4n) is 11.8. The maximum Gasteiger partial charge on any atom is 0.134 e. The van der Waals surface area contributed by atoms with Gasteiger partial charge in [0.05, 0.1) is 22.8 Å². The van der Waals surface area contributed by atoms with E-state index >= 15 is 0 Å². The zero-order valence-electron chi connectivity index (χ0n) is 29.2. The first-order valence-electron chi connectivity index (χ1n) is 19.4. The Hall–Kier alpha value is -5.38. The molecule has 3 heteroatoms. The van der Waals surface area contributed by atoms with Crippen LogP contribution in [0.4, 0.5) is 5.69 Å². The Morgan fingerprint density at radius 1 is 0.736 bits per heavy atom. The maximum atomic E-state index is 5.68. The van der Waals surface area contributed by atoms with Crippen molar-refractivity contribution >= 4 is 34.9 Å². The molecule has 0 amide bonds. The van der Waals surface area contributed by atoms with E-state index in [0.29, 0.717) is 11.8 Å². The van der Waals surface area contributed by atoms with Crippen LogP contribution in [-0.2, 0) is 5.41 Å². The summed E-state index contributed by atoms with van der Waals surface area (Å²) in [5, 5.41) is 0. The monoisotopic (exact) mass is 696 g/mol. The van der Waals surface area contributed by atoms with Gasteiger partial charge in [-0.15, -0.1) is 0 Å². The van der Waals surface area contributed by atoms with Gasteiger partial charge in [-0.05, 0) is 99.2 Å². The molecule has 0 fully saturated rings. The third kappa shape index (κ3) is 3.55. The molecule has 3 aliphatic heterocycles. The van der Waals surface area contributed by atoms with Gasteiger partial charge in [0.2, 0.25) is 0 Å². The molecule has 252 valence electrons. The zero-order valence-corrected chi connectivity index (χ0v) is 30.1. The topological polar surface area (TPSA) is 15.6 Å². The predicted octanol–water partition coefficient (Wildman–Crippen LogP) is 11.9. The number of hydrogen-bond acceptors (Lipinski definition) is 3. The first kappa shape index (κ1) is 29.1. The van der Waals surface area contributed by atoms with Crippen molar-refractivity contribution < 1.29 is 0 Å². The first-order chi connectivity index (χ1) is 26.3. The lowest BCUT2D eigenvalue weighted by Gasteiger charge is -2.40. The van der Waals surface area contributed by atoms with Gasteiger partial charge in [-0.3, -0.25) is 0 Å². The number of dihydropyridines is 1. The molecule has 0 radical (unpaired) electrons. The molecule has 9 aliphatic rings. The van der Waals surface area contributed by atoms with E-state index in [1.54, 1.807) is 0 Å². The van der Waals surface area contributed by atoms with E-state index in [9.17, 15) is 0 Å². The van der Waals surface area contributed by atoms with E-state index in [0.717, 1.165) is 25.1 Å². The molecule has 0 saturated carbocycles. The van der Waals surface area contributed by atoms with Crippen LogP contribution in [0.1, 0.15) is 81.6 Å². The normalized spacial score (nSPS) is 29.3. The summed E-state index contributed by atoms with van der Waals surface area (Å²) in [6.07, 6.45) is 31.8. The number of hydrogen-bond donors (Lipinski definition) is 0. The largest absolute Gasteiger partial charge is 0.317 e. The van der Waals surface area contributed by atoms with Crippen molar-refractivity contribution in [2.24, 2.45) is 16.8 Å². The minimum absolute atomic E-state index is 0.112. The number of allylic oxidation sites excluding steroid dienone is 12. The number of amidine groups is 1. The van der Waals surface area contributed by atoms with Gasteiger partial charge in [-0.1, -0.05) is 139 Å². The molecule has 4 aromatic rings. The summed E-state index contributed by atoms with van der Waals surface area (Å²) in [4.78, 5) is 11.2. The Labute approximate surface area is 314 Å². The highest BCUT2D eigenvalue weighted by Gasteiger charge is 2.64. The number of anilines is 1. The van der Waals surface area contributed by atoms with Gasteiger partial charge in [-0.25, -0.2) is 4.99 Å². The summed E-state index contributed by atoms with van der Waals surface area (Å²) in [6, 6.07) is 30.5. The van der Waals surface area contributed by atoms with Crippen LogP contribution in [0.25, 0.3) is 11.6 Å². The number of aliphatic imine (C=N–C) groups is 1. The number of rotatable bonds is 1. The van der Waals surface area contributed by atoms with Crippen molar-refractivity contribution in [2.75, 3.05) is 4.90 Å². The molecule has 6 unspecified atom stereocenters. The van der Waals surface area contributed by atoms with Crippen molar-refractivity contribution in [3.8, 4) is 0 Å². The average Bonchev–Trinajstić information content (AvgIpc) is 3.83. The van der Waals surface area contributed by atoms with E-state index in [1.165, 1.54) is 82.4 Å². The molecule has 0 N–H and O–H groups in total. The van der Waals surface area contributed by atoms with E-state index in [4.69, 9.17) is 4.99 Å². The van der Waals surface area contributed by atoms with Gasteiger partial charge in [0.15, 0.2) is 0 Å². The molecule has 6 atom stereocenters. The Balaban J connectivity index is 1.14. The van der Waals surface area contributed by atoms with Crippen molar-refractivity contribution in [3.05, 3.63) is 207 Å². The van der Waals surface area contributed by atoms with E-state index in [-0.39, 0.29) is 23.3 Å². The Kier molecular flexibility index (Phi) is 5.71. The lowest BCUT2D eigenvalue weighted by atomic mass is 9.66. The van der Waals surface area contributed by atoms with Gasteiger partial charge in [0, 0.05) is 39.0 Å². The highest BCUT2D eigenvalue weighted by molar-refractivity contribution is 7.99. The van der Waals surface area contributed by atoms with Crippen LogP contribution in [0.5, 0.6) is 0 Å². The first-order valence-corrected chi connectivity index (χ1v) is 20.2. The predicted molar refractivity (Wildman–Crippen MR) is 217 cm³/mol. The van der Waals surface area contributed by atoms with Crippen LogP contribution in [0.15, 0.2) is 177 Å². The minimum Gasteiger partial charge on any atom is -0.317 e. The van der Waals surface area contributed by atoms with Crippen LogP contribution in [-0.4, -0.2) is 5.84 Å². The molecule has 0 aromatic heterocycles. The summed E-state index contributed by atoms with van der Waals surface area (Å²) in [5.41, 5.74) is 18.2. The molecule has 6 aliphatic carbocycles. The van der Waals surface area contributed by atoms with Crippen molar-refractivity contribution in [2.45, 2.75) is 52.3 Å². The fraction of sp³-hybridized carbons (Fsp3) is 0.180. The summed E-state index contributed by atoms with van der Waals surface area (Å²) in [6.45, 7) is 0. The Morgan fingerprint density at radius 2 is 1.60 bits per heavy atom. The van der Waals surface area contributed by atoms with Gasteiger partial charge < -0.3 is 4.90 Å². The van der Waals surface area contributed by atoms with E-state index in [1.807, 2.05) is 11.8 Å². The third-order valence-corrected chi connectivity index (χ3v) is 14.8. The second-order valence-corrected chi connectivity index (χ2v) is 17.0. The molecule has 13 rings (SSSR count). The van der Waals surface area contributed by atoms with Crippen LogP contribution >= 0.6 is 11.8 Å². The lowest BCUT2D eigenvalue weighted by molar-refractivity contribution is 0.478. The second kappa shape index (κ2) is 10.4. The zero-order chi connectivity index (χ0) is 34.4.